The first-order chi connectivity index (χ1) is 12.5. The molecule has 2 aromatic carbocycles. The molecule has 1 atom stereocenters. The van der Waals surface area contributed by atoms with Gasteiger partial charge in [0.2, 0.25) is 5.13 Å². The molecule has 0 fully saturated rings. The van der Waals surface area contributed by atoms with Crippen LogP contribution in [0.3, 0.4) is 0 Å². The Morgan fingerprint density at radius 2 is 1.81 bits per heavy atom. The van der Waals surface area contributed by atoms with Crippen molar-refractivity contribution in [3.63, 3.8) is 0 Å². The van der Waals surface area contributed by atoms with Crippen molar-refractivity contribution in [3.05, 3.63) is 59.7 Å². The number of benzene rings is 2. The first kappa shape index (κ1) is 18.1. The summed E-state index contributed by atoms with van der Waals surface area (Å²) in [5.74, 6) is 0.481. The molecule has 0 spiro atoms. The van der Waals surface area contributed by atoms with Crippen LogP contribution in [-0.4, -0.2) is 22.2 Å². The molecule has 0 radical (unpaired) electrons. The number of anilines is 1. The van der Waals surface area contributed by atoms with E-state index >= 15 is 0 Å². The van der Waals surface area contributed by atoms with Crippen molar-refractivity contribution in [2.24, 2.45) is 0 Å². The van der Waals surface area contributed by atoms with Gasteiger partial charge in [0.15, 0.2) is 6.10 Å². The van der Waals surface area contributed by atoms with Gasteiger partial charge >= 0.3 is 0 Å². The molecule has 26 heavy (non-hydrogen) atoms. The Balaban J connectivity index is 1.69. The molecule has 0 aliphatic rings. The average molecular weight is 367 g/mol. The Labute approximate surface area is 157 Å². The van der Waals surface area contributed by atoms with Crippen LogP contribution in [0.4, 0.5) is 5.13 Å². The van der Waals surface area contributed by atoms with Crippen molar-refractivity contribution in [2.45, 2.75) is 33.3 Å². The Morgan fingerprint density at radius 1 is 1.12 bits per heavy atom. The van der Waals surface area contributed by atoms with Crippen LogP contribution in [0.1, 0.15) is 24.5 Å². The lowest BCUT2D eigenvalue weighted by molar-refractivity contribution is -0.122. The summed E-state index contributed by atoms with van der Waals surface area (Å²) >= 11 is 1.34. The Hall–Kier alpha value is -2.73. The molecule has 0 aliphatic heterocycles. The molecule has 1 amide bonds. The monoisotopic (exact) mass is 367 g/mol. The van der Waals surface area contributed by atoms with Gasteiger partial charge in [-0.25, -0.2) is 0 Å². The third-order valence-electron chi connectivity index (χ3n) is 3.81. The number of hydrogen-bond acceptors (Lipinski definition) is 5. The smallest absolute Gasteiger partial charge is 0.267 e. The highest BCUT2D eigenvalue weighted by Crippen LogP contribution is 2.26. The summed E-state index contributed by atoms with van der Waals surface area (Å²) in [6, 6.07) is 15.7. The zero-order valence-electron chi connectivity index (χ0n) is 15.0. The van der Waals surface area contributed by atoms with Crippen molar-refractivity contribution >= 4 is 22.4 Å². The zero-order valence-corrected chi connectivity index (χ0v) is 15.8. The SMILES string of the molecule is CC[C@@H](Oc1cc(C)cc(C)c1)C(=O)Nc1nnc(-c2ccccc2)s1. The van der Waals surface area contributed by atoms with Gasteiger partial charge in [0.1, 0.15) is 10.8 Å². The number of amides is 1. The van der Waals surface area contributed by atoms with Crippen LogP contribution in [0.5, 0.6) is 5.75 Å². The van der Waals surface area contributed by atoms with Crippen LogP contribution in [0.2, 0.25) is 0 Å². The number of ether oxygens (including phenoxy) is 1. The van der Waals surface area contributed by atoms with Crippen LogP contribution in [-0.2, 0) is 4.79 Å². The van der Waals surface area contributed by atoms with E-state index in [9.17, 15) is 4.79 Å². The van der Waals surface area contributed by atoms with Crippen LogP contribution >= 0.6 is 11.3 Å². The fraction of sp³-hybridized carbons (Fsp3) is 0.250. The molecular formula is C20H21N3O2S. The number of nitrogens with zero attached hydrogens (tertiary/aromatic N) is 2. The van der Waals surface area contributed by atoms with Crippen molar-refractivity contribution < 1.29 is 9.53 Å². The molecule has 0 bridgehead atoms. The third-order valence-corrected chi connectivity index (χ3v) is 4.70. The number of aryl methyl sites for hydroxylation is 2. The molecule has 1 aromatic heterocycles. The first-order valence-corrected chi connectivity index (χ1v) is 9.31. The molecule has 3 aromatic rings. The van der Waals surface area contributed by atoms with Crippen molar-refractivity contribution in [2.75, 3.05) is 5.32 Å². The summed E-state index contributed by atoms with van der Waals surface area (Å²) in [6.07, 6.45) is -0.0244. The van der Waals surface area contributed by atoms with Crippen LogP contribution < -0.4 is 10.1 Å². The Kier molecular flexibility index (Phi) is 5.63. The molecule has 134 valence electrons. The largest absolute Gasteiger partial charge is 0.481 e. The normalized spacial score (nSPS) is 11.8. The number of carbonyl (C=O) groups excluding carboxylic acids is 1. The highest BCUT2D eigenvalue weighted by molar-refractivity contribution is 7.18. The van der Waals surface area contributed by atoms with Gasteiger partial charge in [0, 0.05) is 5.56 Å². The zero-order chi connectivity index (χ0) is 18.5. The minimum absolute atomic E-state index is 0.220. The maximum Gasteiger partial charge on any atom is 0.267 e. The Bertz CT molecular complexity index is 873. The molecule has 0 aliphatic carbocycles. The van der Waals surface area contributed by atoms with E-state index in [1.54, 1.807) is 0 Å². The standard InChI is InChI=1S/C20H21N3O2S/c1-4-17(25-16-11-13(2)10-14(3)12-16)18(24)21-20-23-22-19(26-20)15-8-6-5-7-9-15/h5-12,17H,4H2,1-3H3,(H,21,23,24)/t17-/m1/s1. The second-order valence-electron chi connectivity index (χ2n) is 6.11. The third kappa shape index (κ3) is 4.46. The predicted octanol–water partition coefficient (Wildman–Crippen LogP) is 4.62. The van der Waals surface area contributed by atoms with Crippen LogP contribution in [0.15, 0.2) is 48.5 Å². The van der Waals surface area contributed by atoms with Gasteiger partial charge in [0.05, 0.1) is 0 Å². The summed E-state index contributed by atoms with van der Waals surface area (Å²) in [4.78, 5) is 12.6. The summed E-state index contributed by atoms with van der Waals surface area (Å²) in [6.45, 7) is 5.93. The van der Waals surface area contributed by atoms with E-state index < -0.39 is 6.10 Å². The second kappa shape index (κ2) is 8.10. The number of nitrogens with one attached hydrogen (secondary N) is 1. The van der Waals surface area contributed by atoms with Gasteiger partial charge in [-0.05, 0) is 43.5 Å². The molecule has 6 heteroatoms. The maximum atomic E-state index is 12.6. The van der Waals surface area contributed by atoms with Crippen molar-refractivity contribution in [1.29, 1.82) is 0 Å². The quantitative estimate of drug-likeness (QED) is 0.690. The number of hydrogen-bond donors (Lipinski definition) is 1. The number of rotatable bonds is 6. The Morgan fingerprint density at radius 3 is 2.46 bits per heavy atom. The van der Waals surface area contributed by atoms with Gasteiger partial charge in [-0.15, -0.1) is 10.2 Å². The van der Waals surface area contributed by atoms with Crippen molar-refractivity contribution in [3.8, 4) is 16.3 Å². The highest BCUT2D eigenvalue weighted by Gasteiger charge is 2.20. The molecule has 1 N–H and O–H groups in total. The lowest BCUT2D eigenvalue weighted by Crippen LogP contribution is -2.32. The van der Waals surface area contributed by atoms with Crippen LogP contribution in [0, 0.1) is 13.8 Å². The first-order valence-electron chi connectivity index (χ1n) is 8.50. The lowest BCUT2D eigenvalue weighted by Gasteiger charge is -2.17. The highest BCUT2D eigenvalue weighted by atomic mass is 32.1. The topological polar surface area (TPSA) is 64.1 Å². The number of carbonyl (C=O) groups is 1. The van der Waals surface area contributed by atoms with E-state index in [-0.39, 0.29) is 5.91 Å². The van der Waals surface area contributed by atoms with Gasteiger partial charge in [-0.2, -0.15) is 0 Å². The predicted molar refractivity (Wildman–Crippen MR) is 105 cm³/mol. The number of aromatic nitrogens is 2. The maximum absolute atomic E-state index is 12.6. The van der Waals surface area contributed by atoms with Gasteiger partial charge in [-0.3, -0.25) is 10.1 Å². The summed E-state index contributed by atoms with van der Waals surface area (Å²) in [7, 11) is 0. The van der Waals surface area contributed by atoms with Crippen molar-refractivity contribution in [1.82, 2.24) is 10.2 Å². The molecule has 0 unspecified atom stereocenters. The summed E-state index contributed by atoms with van der Waals surface area (Å²) in [5, 5.41) is 12.3. The summed E-state index contributed by atoms with van der Waals surface area (Å²) in [5.41, 5.74) is 3.18. The second-order valence-corrected chi connectivity index (χ2v) is 7.08. The van der Waals surface area contributed by atoms with E-state index in [0.717, 1.165) is 21.7 Å². The fourth-order valence-electron chi connectivity index (χ4n) is 2.64. The molecular weight excluding hydrogens is 346 g/mol. The summed E-state index contributed by atoms with van der Waals surface area (Å²) < 4.78 is 5.90. The van der Waals surface area contributed by atoms with Gasteiger partial charge < -0.3 is 4.74 Å². The minimum atomic E-state index is -0.583. The van der Waals surface area contributed by atoms with E-state index in [0.29, 0.717) is 17.3 Å². The van der Waals surface area contributed by atoms with Crippen LogP contribution in [0.25, 0.3) is 10.6 Å². The minimum Gasteiger partial charge on any atom is -0.481 e. The van der Waals surface area contributed by atoms with Gasteiger partial charge in [0.25, 0.3) is 5.91 Å². The lowest BCUT2D eigenvalue weighted by atomic mass is 10.1. The average Bonchev–Trinajstić information content (AvgIpc) is 3.08. The van der Waals surface area contributed by atoms with Gasteiger partial charge in [-0.1, -0.05) is 54.7 Å². The molecule has 3 rings (SSSR count). The molecule has 0 saturated carbocycles. The van der Waals surface area contributed by atoms with E-state index in [1.165, 1.54) is 11.3 Å². The fourth-order valence-corrected chi connectivity index (χ4v) is 3.40. The molecule has 1 heterocycles. The van der Waals surface area contributed by atoms with E-state index in [2.05, 4.69) is 21.6 Å². The molecule has 5 nitrogen and oxygen atoms in total. The van der Waals surface area contributed by atoms with E-state index in [4.69, 9.17) is 4.74 Å². The molecule has 0 saturated heterocycles. The van der Waals surface area contributed by atoms with E-state index in [1.807, 2.05) is 63.2 Å².